The fraction of sp³-hybridized carbons (Fsp3) is 0.324. The van der Waals surface area contributed by atoms with Crippen LogP contribution in [-0.2, 0) is 24.3 Å². The van der Waals surface area contributed by atoms with Gasteiger partial charge in [-0.3, -0.25) is 4.79 Å². The Morgan fingerprint density at radius 3 is 2.02 bits per heavy atom. The smallest absolute Gasteiger partial charge is 0.220 e. The van der Waals surface area contributed by atoms with Crippen LogP contribution in [0.5, 0.6) is 11.5 Å². The van der Waals surface area contributed by atoms with Crippen molar-refractivity contribution in [3.8, 4) is 11.5 Å². The Morgan fingerprint density at radius 2 is 1.48 bits per heavy atom. The summed E-state index contributed by atoms with van der Waals surface area (Å²) in [5, 5.41) is 15.2. The highest BCUT2D eigenvalue weighted by Gasteiger charge is 2.26. The minimum atomic E-state index is -0.957. The third kappa shape index (κ3) is 8.83. The third-order valence-corrected chi connectivity index (χ3v) is 9.00. The van der Waals surface area contributed by atoms with Gasteiger partial charge in [-0.1, -0.05) is 56.3 Å². The van der Waals surface area contributed by atoms with Gasteiger partial charge >= 0.3 is 0 Å². The fourth-order valence-electron chi connectivity index (χ4n) is 5.23. The minimum Gasteiger partial charge on any atom is -0.497 e. The summed E-state index contributed by atoms with van der Waals surface area (Å²) in [5.41, 5.74) is 4.00. The van der Waals surface area contributed by atoms with Gasteiger partial charge in [0.1, 0.15) is 28.4 Å². The summed E-state index contributed by atoms with van der Waals surface area (Å²) in [5.74, 6) is 2.78. The van der Waals surface area contributed by atoms with Gasteiger partial charge in [0.15, 0.2) is 0 Å². The number of nitrogens with zero attached hydrogens (tertiary/aromatic N) is 3. The second-order valence-electron chi connectivity index (χ2n) is 11.9. The normalized spacial score (nSPS) is 12.6. The number of ether oxygens (including phenoxy) is 2. The maximum Gasteiger partial charge on any atom is 0.220 e. The van der Waals surface area contributed by atoms with Crippen molar-refractivity contribution in [2.24, 2.45) is 5.92 Å². The fourth-order valence-corrected chi connectivity index (χ4v) is 6.25. The molecule has 1 amide bonds. The minimum absolute atomic E-state index is 0.0754. The van der Waals surface area contributed by atoms with Crippen LogP contribution in [0.15, 0.2) is 91.1 Å². The molecule has 2 heterocycles. The molecular formula is C37H42N4O4S. The van der Waals surface area contributed by atoms with Crippen molar-refractivity contribution in [1.82, 2.24) is 15.3 Å². The van der Waals surface area contributed by atoms with Gasteiger partial charge in [0, 0.05) is 25.7 Å². The summed E-state index contributed by atoms with van der Waals surface area (Å²) in [7, 11) is 3.33. The average Bonchev–Trinajstić information content (AvgIpc) is 3.52. The Balaban J connectivity index is 1.37. The number of nitrogens with one attached hydrogen (secondary N) is 1. The molecule has 9 heteroatoms. The molecule has 3 aromatic carbocycles. The lowest BCUT2D eigenvalue weighted by Crippen LogP contribution is -2.41. The summed E-state index contributed by atoms with van der Waals surface area (Å²) in [4.78, 5) is 24.7. The Kier molecular flexibility index (Phi) is 11.2. The van der Waals surface area contributed by atoms with Crippen molar-refractivity contribution >= 4 is 33.3 Å². The standard InChI is InChI=1S/C37H42N4O4S/c1-25(2)9-20-35(42)39-32(36(43)37-40-31-7-5-6-8-33(31)46-37)21-28-14-19-34(38-22-28)41(23-26-10-15-29(44-3)16-11-26)24-27-12-17-30(45-4)18-13-27/h5-8,10-19,22,25,32,36,43H,9,20-21,23-24H2,1-4H3,(H,39,42). The van der Waals surface area contributed by atoms with Crippen molar-refractivity contribution in [1.29, 1.82) is 0 Å². The number of amides is 1. The molecule has 5 aromatic rings. The van der Waals surface area contributed by atoms with Crippen LogP contribution in [0.1, 0.15) is 54.5 Å². The number of pyridine rings is 1. The molecule has 0 saturated heterocycles. The van der Waals surface area contributed by atoms with Crippen molar-refractivity contribution in [2.75, 3.05) is 19.1 Å². The summed E-state index contributed by atoms with van der Waals surface area (Å²) >= 11 is 1.45. The van der Waals surface area contributed by atoms with E-state index in [2.05, 4.69) is 53.3 Å². The van der Waals surface area contributed by atoms with E-state index in [1.165, 1.54) is 11.3 Å². The van der Waals surface area contributed by atoms with E-state index in [0.717, 1.165) is 50.6 Å². The van der Waals surface area contributed by atoms with Crippen molar-refractivity contribution < 1.29 is 19.4 Å². The number of hydrogen-bond donors (Lipinski definition) is 2. The molecule has 0 saturated carbocycles. The van der Waals surface area contributed by atoms with Crippen molar-refractivity contribution in [3.63, 3.8) is 0 Å². The zero-order chi connectivity index (χ0) is 32.5. The molecule has 8 nitrogen and oxygen atoms in total. The molecule has 2 N–H and O–H groups in total. The van der Waals surface area contributed by atoms with Gasteiger partial charge in [-0.2, -0.15) is 0 Å². The van der Waals surface area contributed by atoms with E-state index < -0.39 is 12.1 Å². The number of carbonyl (C=O) groups is 1. The molecule has 2 unspecified atom stereocenters. The molecule has 0 radical (unpaired) electrons. The van der Waals surface area contributed by atoms with Crippen LogP contribution in [0.4, 0.5) is 5.82 Å². The van der Waals surface area contributed by atoms with Crippen LogP contribution < -0.4 is 19.7 Å². The number of fused-ring (bicyclic) bond motifs is 1. The predicted octanol–water partition coefficient (Wildman–Crippen LogP) is 7.11. The lowest BCUT2D eigenvalue weighted by atomic mass is 10.0. The lowest BCUT2D eigenvalue weighted by Gasteiger charge is -2.26. The molecule has 0 aliphatic heterocycles. The van der Waals surface area contributed by atoms with E-state index >= 15 is 0 Å². The van der Waals surface area contributed by atoms with E-state index in [-0.39, 0.29) is 5.91 Å². The van der Waals surface area contributed by atoms with E-state index in [9.17, 15) is 9.90 Å². The van der Waals surface area contributed by atoms with Gasteiger partial charge in [-0.15, -0.1) is 11.3 Å². The first-order valence-corrected chi connectivity index (χ1v) is 16.4. The average molecular weight is 639 g/mol. The lowest BCUT2D eigenvalue weighted by molar-refractivity contribution is -0.123. The highest BCUT2D eigenvalue weighted by molar-refractivity contribution is 7.18. The first kappa shape index (κ1) is 32.9. The SMILES string of the molecule is COc1ccc(CN(Cc2ccc(OC)cc2)c2ccc(CC(NC(=O)CCC(C)C)C(O)c3nc4ccccc4s3)cn2)cc1. The topological polar surface area (TPSA) is 96.8 Å². The monoisotopic (exact) mass is 638 g/mol. The Hall–Kier alpha value is -4.47. The van der Waals surface area contributed by atoms with Gasteiger partial charge in [0.2, 0.25) is 5.91 Å². The molecule has 2 aromatic heterocycles. The second-order valence-corrected chi connectivity index (χ2v) is 12.9. The molecule has 46 heavy (non-hydrogen) atoms. The van der Waals surface area contributed by atoms with Crippen LogP contribution in [0.2, 0.25) is 0 Å². The first-order valence-electron chi connectivity index (χ1n) is 15.6. The van der Waals surface area contributed by atoms with Crippen molar-refractivity contribution in [2.45, 2.75) is 58.3 Å². The third-order valence-electron chi connectivity index (χ3n) is 7.89. The largest absolute Gasteiger partial charge is 0.497 e. The van der Waals surface area contributed by atoms with Gasteiger partial charge in [0.05, 0.1) is 30.5 Å². The number of carbonyl (C=O) groups excluding carboxylic acids is 1. The van der Waals surface area contributed by atoms with Crippen LogP contribution in [-0.4, -0.2) is 41.2 Å². The summed E-state index contributed by atoms with van der Waals surface area (Å²) in [6.45, 7) is 5.49. The number of benzene rings is 3. The molecule has 0 bridgehead atoms. The number of anilines is 1. The van der Waals surface area contributed by atoms with Gasteiger partial charge < -0.3 is 24.8 Å². The molecule has 0 aliphatic rings. The summed E-state index contributed by atoms with van der Waals surface area (Å²) in [6, 6.07) is 27.4. The zero-order valence-electron chi connectivity index (χ0n) is 26.8. The number of rotatable bonds is 15. The Morgan fingerprint density at radius 1 is 0.870 bits per heavy atom. The number of aliphatic hydroxyl groups excluding tert-OH is 1. The number of thiazole rings is 1. The molecule has 5 rings (SSSR count). The zero-order valence-corrected chi connectivity index (χ0v) is 27.7. The maximum atomic E-state index is 13.0. The van der Waals surface area contributed by atoms with Gasteiger partial charge in [0.25, 0.3) is 0 Å². The highest BCUT2D eigenvalue weighted by atomic mass is 32.1. The molecule has 2 atom stereocenters. The van der Waals surface area contributed by atoms with E-state index in [0.29, 0.717) is 36.9 Å². The quantitative estimate of drug-likeness (QED) is 0.126. The molecule has 240 valence electrons. The summed E-state index contributed by atoms with van der Waals surface area (Å²) in [6.07, 6.45) is 2.48. The highest BCUT2D eigenvalue weighted by Crippen LogP contribution is 2.30. The number of para-hydroxylation sites is 1. The molecule has 0 fully saturated rings. The van der Waals surface area contributed by atoms with Crippen LogP contribution in [0, 0.1) is 5.92 Å². The molecule has 0 spiro atoms. The van der Waals surface area contributed by atoms with Crippen LogP contribution in [0.25, 0.3) is 10.2 Å². The Labute approximate surface area is 275 Å². The maximum absolute atomic E-state index is 13.0. The predicted molar refractivity (Wildman–Crippen MR) is 184 cm³/mol. The number of aliphatic hydroxyl groups is 1. The van der Waals surface area contributed by atoms with E-state index in [1.807, 2.05) is 66.9 Å². The number of methoxy groups -OCH3 is 2. The van der Waals surface area contributed by atoms with Crippen LogP contribution >= 0.6 is 11.3 Å². The molecular weight excluding hydrogens is 596 g/mol. The van der Waals surface area contributed by atoms with E-state index in [1.54, 1.807) is 14.2 Å². The first-order chi connectivity index (χ1) is 22.3. The van der Waals surface area contributed by atoms with Gasteiger partial charge in [-0.05, 0) is 77.9 Å². The van der Waals surface area contributed by atoms with Gasteiger partial charge in [-0.25, -0.2) is 9.97 Å². The Bertz CT molecular complexity index is 1610. The van der Waals surface area contributed by atoms with Crippen LogP contribution in [0.3, 0.4) is 0 Å². The van der Waals surface area contributed by atoms with E-state index in [4.69, 9.17) is 14.5 Å². The van der Waals surface area contributed by atoms with Crippen molar-refractivity contribution in [3.05, 3.63) is 113 Å². The number of aromatic nitrogens is 2. The number of hydrogen-bond acceptors (Lipinski definition) is 8. The molecule has 0 aliphatic carbocycles. The summed E-state index contributed by atoms with van der Waals surface area (Å²) < 4.78 is 11.7. The second kappa shape index (κ2) is 15.7.